The molecule has 4 rings (SSSR count). The van der Waals surface area contributed by atoms with Gasteiger partial charge in [-0.1, -0.05) is 6.07 Å². The number of hydrogen-bond donors (Lipinski definition) is 4. The average molecular weight is 412 g/mol. The SMILES string of the molecule is COC(=O)C(c1ccc(O)c(O)c1)=c1oc(=O)c2c1oc(O)c1cc(O)c(=O)cc12. The Morgan fingerprint density at radius 2 is 1.63 bits per heavy atom. The van der Waals surface area contributed by atoms with Crippen LogP contribution >= 0.6 is 0 Å². The van der Waals surface area contributed by atoms with Crippen molar-refractivity contribution in [3.8, 4) is 23.2 Å². The summed E-state index contributed by atoms with van der Waals surface area (Å²) in [7, 11) is 1.07. The summed E-state index contributed by atoms with van der Waals surface area (Å²) in [6, 6.07) is 5.26. The maximum absolute atomic E-state index is 12.6. The molecule has 0 spiro atoms. The zero-order valence-electron chi connectivity index (χ0n) is 15.1. The van der Waals surface area contributed by atoms with Crippen LogP contribution in [0, 0.1) is 0 Å². The molecule has 30 heavy (non-hydrogen) atoms. The molecular formula is C20H12O10. The smallest absolute Gasteiger partial charge is 0.348 e. The van der Waals surface area contributed by atoms with Crippen LogP contribution in [0.4, 0.5) is 0 Å². The van der Waals surface area contributed by atoms with Gasteiger partial charge in [0.25, 0.3) is 5.95 Å². The topological polar surface area (TPSA) is 168 Å². The van der Waals surface area contributed by atoms with Crippen LogP contribution in [0.1, 0.15) is 5.56 Å². The van der Waals surface area contributed by atoms with Gasteiger partial charge < -0.3 is 34.0 Å². The summed E-state index contributed by atoms with van der Waals surface area (Å²) in [5, 5.41) is 38.7. The van der Waals surface area contributed by atoms with Gasteiger partial charge in [0.15, 0.2) is 28.2 Å². The Hall–Kier alpha value is -4.47. The van der Waals surface area contributed by atoms with Gasteiger partial charge >= 0.3 is 11.6 Å². The van der Waals surface area contributed by atoms with Crippen molar-refractivity contribution in [2.45, 2.75) is 0 Å². The van der Waals surface area contributed by atoms with Crippen LogP contribution in [-0.2, 0) is 9.53 Å². The van der Waals surface area contributed by atoms with E-state index in [2.05, 4.69) is 0 Å². The number of carbonyl (C=O) groups excluding carboxylic acids is 1. The third kappa shape index (κ3) is 2.70. The number of furan rings is 1. The minimum atomic E-state index is -0.983. The van der Waals surface area contributed by atoms with Gasteiger partial charge in [-0.15, -0.1) is 0 Å². The van der Waals surface area contributed by atoms with Crippen molar-refractivity contribution in [1.82, 2.24) is 0 Å². The second-order valence-electron chi connectivity index (χ2n) is 6.27. The summed E-state index contributed by atoms with van der Waals surface area (Å²) >= 11 is 0. The average Bonchev–Trinajstić information content (AvgIpc) is 3.02. The van der Waals surface area contributed by atoms with Gasteiger partial charge in [-0.3, -0.25) is 4.79 Å². The molecule has 0 aliphatic heterocycles. The van der Waals surface area contributed by atoms with Crippen molar-refractivity contribution in [1.29, 1.82) is 0 Å². The summed E-state index contributed by atoms with van der Waals surface area (Å²) in [4.78, 5) is 36.9. The first-order chi connectivity index (χ1) is 14.2. The predicted octanol–water partition coefficient (Wildman–Crippen LogP) is 0.813. The number of methoxy groups -OCH3 is 1. The van der Waals surface area contributed by atoms with Crippen LogP contribution in [0.15, 0.2) is 48.8 Å². The molecule has 0 saturated carbocycles. The number of fused-ring (bicyclic) bond motifs is 3. The van der Waals surface area contributed by atoms with E-state index in [0.717, 1.165) is 31.4 Å². The summed E-state index contributed by atoms with van der Waals surface area (Å²) in [5.74, 6) is -3.38. The molecule has 0 amide bonds. The van der Waals surface area contributed by atoms with Crippen molar-refractivity contribution in [2.75, 3.05) is 7.11 Å². The summed E-state index contributed by atoms with van der Waals surface area (Å²) in [6.07, 6.45) is 0. The molecule has 10 nitrogen and oxygen atoms in total. The fourth-order valence-electron chi connectivity index (χ4n) is 3.12. The molecule has 0 bridgehead atoms. The fraction of sp³-hybridized carbons (Fsp3) is 0.0500. The minimum absolute atomic E-state index is 0.0119. The molecule has 0 fully saturated rings. The van der Waals surface area contributed by atoms with Crippen molar-refractivity contribution in [3.05, 3.63) is 62.0 Å². The van der Waals surface area contributed by atoms with E-state index >= 15 is 0 Å². The number of hydrogen-bond acceptors (Lipinski definition) is 10. The zero-order chi connectivity index (χ0) is 21.7. The zero-order valence-corrected chi connectivity index (χ0v) is 15.1. The highest BCUT2D eigenvalue weighted by molar-refractivity contribution is 6.18. The molecular weight excluding hydrogens is 400 g/mol. The van der Waals surface area contributed by atoms with Gasteiger partial charge in [-0.2, -0.15) is 0 Å². The largest absolute Gasteiger partial charge is 0.504 e. The monoisotopic (exact) mass is 412 g/mol. The van der Waals surface area contributed by atoms with E-state index in [0.29, 0.717) is 0 Å². The first-order valence-corrected chi connectivity index (χ1v) is 8.33. The van der Waals surface area contributed by atoms with Crippen LogP contribution in [-0.4, -0.2) is 33.5 Å². The van der Waals surface area contributed by atoms with Crippen LogP contribution < -0.4 is 16.5 Å². The highest BCUT2D eigenvalue weighted by Crippen LogP contribution is 2.32. The van der Waals surface area contributed by atoms with E-state index < -0.39 is 45.6 Å². The van der Waals surface area contributed by atoms with Crippen molar-refractivity contribution >= 4 is 33.3 Å². The Bertz CT molecular complexity index is 1520. The molecule has 2 aromatic carbocycles. The molecule has 2 heterocycles. The highest BCUT2D eigenvalue weighted by Gasteiger charge is 2.24. The number of phenolic OH excluding ortho intramolecular Hbond substituents is 3. The molecule has 0 unspecified atom stereocenters. The van der Waals surface area contributed by atoms with Gasteiger partial charge in [-0.25, -0.2) is 9.59 Å². The second-order valence-corrected chi connectivity index (χ2v) is 6.27. The lowest BCUT2D eigenvalue weighted by atomic mass is 10.0. The molecule has 2 aromatic heterocycles. The molecule has 152 valence electrons. The Kier molecular flexibility index (Phi) is 4.12. The summed E-state index contributed by atoms with van der Waals surface area (Å²) in [6.45, 7) is 0. The Labute approximate surface area is 165 Å². The van der Waals surface area contributed by atoms with Gasteiger partial charge in [0.05, 0.1) is 12.5 Å². The summed E-state index contributed by atoms with van der Waals surface area (Å²) in [5.41, 5.74) is -2.91. The van der Waals surface area contributed by atoms with Crippen LogP contribution in [0.2, 0.25) is 0 Å². The Balaban J connectivity index is 2.25. The van der Waals surface area contributed by atoms with E-state index in [1.54, 1.807) is 0 Å². The lowest BCUT2D eigenvalue weighted by Gasteiger charge is -2.06. The lowest BCUT2D eigenvalue weighted by molar-refractivity contribution is -0.133. The molecule has 0 aliphatic rings. The first kappa shape index (κ1) is 18.9. The molecule has 0 saturated heterocycles. The van der Waals surface area contributed by atoms with E-state index in [4.69, 9.17) is 13.6 Å². The third-order valence-electron chi connectivity index (χ3n) is 4.51. The number of carbonyl (C=O) groups is 1. The Morgan fingerprint density at radius 1 is 0.900 bits per heavy atom. The number of phenols is 3. The fourth-order valence-corrected chi connectivity index (χ4v) is 3.12. The normalized spacial score (nSPS) is 12.3. The van der Waals surface area contributed by atoms with E-state index in [1.807, 2.05) is 0 Å². The number of rotatable bonds is 2. The van der Waals surface area contributed by atoms with Crippen LogP contribution in [0.3, 0.4) is 0 Å². The maximum Gasteiger partial charge on any atom is 0.348 e. The summed E-state index contributed by atoms with van der Waals surface area (Å²) < 4.78 is 15.2. The highest BCUT2D eigenvalue weighted by atomic mass is 16.5. The number of benzene rings is 2. The molecule has 4 N–H and O–H groups in total. The quantitative estimate of drug-likeness (QED) is 0.273. The second kappa shape index (κ2) is 6.55. The standard InChI is InChI=1S/C20H12O10/c1-28-19(26)14(7-2-3-10(21)11(22)4-7)16-17-15(20(27)30-16)8-5-12(23)13(24)6-9(8)18(25)29-17/h2-6,21-22,24-25H,1H3. The number of esters is 1. The molecule has 10 heteroatoms. The van der Waals surface area contributed by atoms with Crippen LogP contribution in [0.25, 0.3) is 27.3 Å². The van der Waals surface area contributed by atoms with Gasteiger partial charge in [0.2, 0.25) is 5.43 Å². The van der Waals surface area contributed by atoms with E-state index in [-0.39, 0.29) is 32.9 Å². The minimum Gasteiger partial charge on any atom is -0.504 e. The van der Waals surface area contributed by atoms with Crippen molar-refractivity contribution < 1.29 is 38.8 Å². The van der Waals surface area contributed by atoms with Gasteiger partial charge in [0, 0.05) is 5.39 Å². The predicted molar refractivity (Wildman–Crippen MR) is 101 cm³/mol. The van der Waals surface area contributed by atoms with Crippen molar-refractivity contribution in [2.24, 2.45) is 0 Å². The van der Waals surface area contributed by atoms with Gasteiger partial charge in [-0.05, 0) is 29.8 Å². The lowest BCUT2D eigenvalue weighted by Crippen LogP contribution is -2.16. The molecule has 4 aromatic rings. The molecule has 0 radical (unpaired) electrons. The molecule has 0 atom stereocenters. The maximum atomic E-state index is 12.6. The van der Waals surface area contributed by atoms with Gasteiger partial charge in [0.1, 0.15) is 11.0 Å². The third-order valence-corrected chi connectivity index (χ3v) is 4.51. The first-order valence-electron chi connectivity index (χ1n) is 8.33. The van der Waals surface area contributed by atoms with Crippen LogP contribution in [0.5, 0.6) is 23.2 Å². The van der Waals surface area contributed by atoms with E-state index in [1.165, 1.54) is 6.07 Å². The van der Waals surface area contributed by atoms with E-state index in [9.17, 15) is 34.8 Å². The molecule has 0 aliphatic carbocycles. The number of aromatic hydroxyl groups is 4. The Morgan fingerprint density at radius 3 is 2.30 bits per heavy atom. The van der Waals surface area contributed by atoms with Crippen molar-refractivity contribution in [3.63, 3.8) is 0 Å². The number of ether oxygens (including phenoxy) is 1.